The molecule has 0 aliphatic rings. The number of benzene rings is 2. The van der Waals surface area contributed by atoms with E-state index in [0.717, 1.165) is 52.8 Å². The Bertz CT molecular complexity index is 1520. The summed E-state index contributed by atoms with van der Waals surface area (Å²) in [4.78, 5) is 41.4. The zero-order valence-corrected chi connectivity index (χ0v) is 27.0. The second kappa shape index (κ2) is 14.7. The van der Waals surface area contributed by atoms with Crippen molar-refractivity contribution < 1.29 is 19.1 Å². The number of carbonyl (C=O) groups excluding carboxylic acids is 1. The van der Waals surface area contributed by atoms with Gasteiger partial charge >= 0.3 is 5.97 Å². The lowest BCUT2D eigenvalue weighted by atomic mass is 9.83. The van der Waals surface area contributed by atoms with Crippen molar-refractivity contribution >= 4 is 11.8 Å². The van der Waals surface area contributed by atoms with Crippen LogP contribution in [-0.4, -0.2) is 47.0 Å². The standard InChI is InChI=1S/C36H47FN2O4/c1-9-26-12-10-11-23(4)35(26)29-16-25(6)36(37)30(18-29)28(20-34(42)43)19-32(40)31(15-22(2)3)39-21-27(13-14-38(7)8)24(5)17-33(39)41/h10-12,16-18,21-22,28,31H,9,13-15,19-20H2,1-8H3,(H,42,43)/t28-,31?/m0/s1. The number of aliphatic carboxylic acids is 1. The highest BCUT2D eigenvalue weighted by molar-refractivity contribution is 5.84. The van der Waals surface area contributed by atoms with Crippen LogP contribution in [0, 0.1) is 32.5 Å². The number of hydrogen-bond donors (Lipinski definition) is 1. The van der Waals surface area contributed by atoms with Gasteiger partial charge in [-0.2, -0.15) is 0 Å². The minimum absolute atomic E-state index is 0.0983. The van der Waals surface area contributed by atoms with E-state index >= 15 is 4.39 Å². The number of rotatable bonds is 14. The average molecular weight is 591 g/mol. The van der Waals surface area contributed by atoms with Crippen molar-refractivity contribution in [3.05, 3.63) is 92.1 Å². The van der Waals surface area contributed by atoms with Gasteiger partial charge in [-0.25, -0.2) is 4.39 Å². The van der Waals surface area contributed by atoms with Crippen LogP contribution in [0.4, 0.5) is 4.39 Å². The van der Waals surface area contributed by atoms with Gasteiger partial charge in [0.05, 0.1) is 12.5 Å². The lowest BCUT2D eigenvalue weighted by Crippen LogP contribution is -2.32. The molecule has 232 valence electrons. The number of halogens is 1. The Labute approximate surface area is 255 Å². The number of hydrogen-bond acceptors (Lipinski definition) is 4. The summed E-state index contributed by atoms with van der Waals surface area (Å²) in [5.74, 6) is -2.66. The van der Waals surface area contributed by atoms with Crippen LogP contribution in [0.25, 0.3) is 11.1 Å². The first-order chi connectivity index (χ1) is 20.2. The van der Waals surface area contributed by atoms with Gasteiger partial charge in [0.1, 0.15) is 5.82 Å². The van der Waals surface area contributed by atoms with E-state index in [-0.39, 0.29) is 29.2 Å². The lowest BCUT2D eigenvalue weighted by Gasteiger charge is -2.25. The average Bonchev–Trinajstić information content (AvgIpc) is 2.92. The van der Waals surface area contributed by atoms with Gasteiger partial charge in [0.2, 0.25) is 0 Å². The molecule has 3 rings (SSSR count). The Morgan fingerprint density at radius 1 is 0.977 bits per heavy atom. The first kappa shape index (κ1) is 33.9. The minimum atomic E-state index is -1.11. The summed E-state index contributed by atoms with van der Waals surface area (Å²) in [6.45, 7) is 12.4. The van der Waals surface area contributed by atoms with E-state index < -0.39 is 30.2 Å². The number of ketones is 1. The fourth-order valence-corrected chi connectivity index (χ4v) is 5.94. The molecule has 6 nitrogen and oxygen atoms in total. The molecule has 1 heterocycles. The molecule has 1 aromatic heterocycles. The highest BCUT2D eigenvalue weighted by Gasteiger charge is 2.30. The van der Waals surface area contributed by atoms with Crippen molar-refractivity contribution in [2.24, 2.45) is 5.92 Å². The van der Waals surface area contributed by atoms with Gasteiger partial charge in [-0.3, -0.25) is 14.4 Å². The molecule has 0 aliphatic heterocycles. The fraction of sp³-hybridized carbons (Fsp3) is 0.472. The molecule has 0 aliphatic carbocycles. The van der Waals surface area contributed by atoms with Gasteiger partial charge < -0.3 is 14.6 Å². The molecule has 1 N–H and O–H groups in total. The zero-order chi connectivity index (χ0) is 32.0. The molecule has 0 bridgehead atoms. The Morgan fingerprint density at radius 3 is 2.28 bits per heavy atom. The summed E-state index contributed by atoms with van der Waals surface area (Å²) in [6, 6.07) is 10.4. The molecule has 3 aromatic rings. The van der Waals surface area contributed by atoms with Crippen LogP contribution in [0.5, 0.6) is 0 Å². The summed E-state index contributed by atoms with van der Waals surface area (Å²) < 4.78 is 17.3. The molecule has 1 unspecified atom stereocenters. The van der Waals surface area contributed by atoms with Gasteiger partial charge in [-0.15, -0.1) is 0 Å². The summed E-state index contributed by atoms with van der Waals surface area (Å²) in [5.41, 5.74) is 6.19. The van der Waals surface area contributed by atoms with Crippen LogP contribution in [0.3, 0.4) is 0 Å². The van der Waals surface area contributed by atoms with Crippen LogP contribution < -0.4 is 5.56 Å². The number of carboxylic acids is 1. The van der Waals surface area contributed by atoms with Crippen molar-refractivity contribution in [2.45, 2.75) is 85.6 Å². The molecule has 0 fully saturated rings. The zero-order valence-electron chi connectivity index (χ0n) is 27.0. The van der Waals surface area contributed by atoms with E-state index in [4.69, 9.17) is 0 Å². The van der Waals surface area contributed by atoms with Gasteiger partial charge in [0, 0.05) is 31.1 Å². The normalized spacial score (nSPS) is 13.0. The number of pyridine rings is 1. The number of carboxylic acid groups (broad SMARTS) is 1. The third-order valence-electron chi connectivity index (χ3n) is 8.25. The molecule has 0 radical (unpaired) electrons. The molecule has 0 spiro atoms. The minimum Gasteiger partial charge on any atom is -0.481 e. The van der Waals surface area contributed by atoms with E-state index in [1.807, 2.05) is 60.0 Å². The van der Waals surface area contributed by atoms with Gasteiger partial charge in [-0.1, -0.05) is 39.0 Å². The van der Waals surface area contributed by atoms with Crippen LogP contribution in [0.1, 0.15) is 85.4 Å². The summed E-state index contributed by atoms with van der Waals surface area (Å²) in [7, 11) is 3.97. The van der Waals surface area contributed by atoms with Crippen molar-refractivity contribution in [1.82, 2.24) is 9.47 Å². The van der Waals surface area contributed by atoms with E-state index in [2.05, 4.69) is 11.8 Å². The van der Waals surface area contributed by atoms with Gasteiger partial charge in [0.15, 0.2) is 5.78 Å². The van der Waals surface area contributed by atoms with Crippen LogP contribution in [0.2, 0.25) is 0 Å². The van der Waals surface area contributed by atoms with E-state index in [1.54, 1.807) is 31.3 Å². The second-order valence-electron chi connectivity index (χ2n) is 12.5. The highest BCUT2D eigenvalue weighted by atomic mass is 19.1. The second-order valence-corrected chi connectivity index (χ2v) is 12.5. The smallest absolute Gasteiger partial charge is 0.303 e. The lowest BCUT2D eigenvalue weighted by molar-refractivity contribution is -0.137. The molecule has 43 heavy (non-hydrogen) atoms. The molecule has 2 atom stereocenters. The van der Waals surface area contributed by atoms with Crippen LogP contribution >= 0.6 is 0 Å². The number of aromatic nitrogens is 1. The highest BCUT2D eigenvalue weighted by Crippen LogP contribution is 2.36. The molecule has 0 saturated carbocycles. The topological polar surface area (TPSA) is 79.6 Å². The first-order valence-corrected chi connectivity index (χ1v) is 15.2. The maximum absolute atomic E-state index is 15.8. The molecular formula is C36H47FN2O4. The number of aryl methyl sites for hydroxylation is 4. The summed E-state index contributed by atoms with van der Waals surface area (Å²) in [5, 5.41) is 9.85. The maximum atomic E-state index is 15.8. The number of Topliss-reactive ketones (excluding diaryl/α,β-unsaturated/α-hetero) is 1. The largest absolute Gasteiger partial charge is 0.481 e. The van der Waals surface area contributed by atoms with Crippen molar-refractivity contribution in [2.75, 3.05) is 20.6 Å². The maximum Gasteiger partial charge on any atom is 0.303 e. The van der Waals surface area contributed by atoms with Crippen molar-refractivity contribution in [3.8, 4) is 11.1 Å². The SMILES string of the molecule is CCc1cccc(C)c1-c1cc(C)c(F)c([C@H](CC(=O)O)CC(=O)C(CC(C)C)n2cc(CCN(C)C)c(C)cc2=O)c1. The Balaban J connectivity index is 2.10. The third kappa shape index (κ3) is 8.50. The van der Waals surface area contributed by atoms with Crippen molar-refractivity contribution in [3.63, 3.8) is 0 Å². The number of nitrogens with zero attached hydrogens (tertiary/aromatic N) is 2. The quantitative estimate of drug-likeness (QED) is 0.218. The molecule has 0 saturated heterocycles. The molecule has 0 amide bonds. The predicted octanol–water partition coefficient (Wildman–Crippen LogP) is 7.05. The molecular weight excluding hydrogens is 543 g/mol. The fourth-order valence-electron chi connectivity index (χ4n) is 5.94. The van der Waals surface area contributed by atoms with Crippen molar-refractivity contribution in [1.29, 1.82) is 0 Å². The van der Waals surface area contributed by atoms with Crippen LogP contribution in [0.15, 0.2) is 47.4 Å². The Morgan fingerprint density at radius 2 is 1.67 bits per heavy atom. The Hall–Kier alpha value is -3.58. The number of carbonyl (C=O) groups is 2. The monoisotopic (exact) mass is 590 g/mol. The van der Waals surface area contributed by atoms with Gasteiger partial charge in [-0.05, 0) is 117 Å². The first-order valence-electron chi connectivity index (χ1n) is 15.2. The Kier molecular flexibility index (Phi) is 11.6. The summed E-state index contributed by atoms with van der Waals surface area (Å²) in [6.07, 6.45) is 3.13. The summed E-state index contributed by atoms with van der Waals surface area (Å²) >= 11 is 0. The molecule has 7 heteroatoms. The van der Waals surface area contributed by atoms with E-state index in [1.165, 1.54) is 4.57 Å². The molecule has 2 aromatic carbocycles. The predicted molar refractivity (Wildman–Crippen MR) is 171 cm³/mol. The number of likely N-dealkylation sites (N-methyl/N-ethyl adjacent to an activating group) is 1. The van der Waals surface area contributed by atoms with Gasteiger partial charge in [0.25, 0.3) is 5.56 Å². The van der Waals surface area contributed by atoms with E-state index in [0.29, 0.717) is 12.0 Å². The third-order valence-corrected chi connectivity index (χ3v) is 8.25. The van der Waals surface area contributed by atoms with Crippen LogP contribution in [-0.2, 0) is 22.4 Å². The van der Waals surface area contributed by atoms with E-state index in [9.17, 15) is 19.5 Å².